The number of hydrogen-bond donors (Lipinski definition) is 0. The summed E-state index contributed by atoms with van der Waals surface area (Å²) in [5.41, 5.74) is 0. The predicted molar refractivity (Wildman–Crippen MR) is 31.9 cm³/mol. The molecule has 0 radical (unpaired) electrons. The van der Waals surface area contributed by atoms with Gasteiger partial charge in [-0.1, -0.05) is 5.18 Å². The molecule has 52 valence electrons. The van der Waals surface area contributed by atoms with Crippen LogP contribution < -0.4 is 0 Å². The van der Waals surface area contributed by atoms with Crippen LogP contribution in [0.1, 0.15) is 13.3 Å². The van der Waals surface area contributed by atoms with Gasteiger partial charge in [0.15, 0.2) is 0 Å². The quantitative estimate of drug-likeness (QED) is 0.417. The molecule has 0 unspecified atom stereocenters. The van der Waals surface area contributed by atoms with Crippen LogP contribution in [0.15, 0.2) is 5.18 Å². The van der Waals surface area contributed by atoms with Crippen LogP contribution in [-0.4, -0.2) is 19.1 Å². The van der Waals surface area contributed by atoms with Crippen LogP contribution in [0.25, 0.3) is 0 Å². The number of esters is 1. The van der Waals surface area contributed by atoms with Crippen molar-refractivity contribution in [3.63, 3.8) is 0 Å². The molecular weight excluding hydrogens is 122 g/mol. The number of carbonyl (C=O) groups is 1. The van der Waals surface area contributed by atoms with Gasteiger partial charge in [0, 0.05) is 0 Å². The summed E-state index contributed by atoms with van der Waals surface area (Å²) in [6.45, 7) is 2.09. The molecule has 4 heteroatoms. The average molecular weight is 131 g/mol. The van der Waals surface area contributed by atoms with Gasteiger partial charge in [-0.2, -0.15) is 4.91 Å². The summed E-state index contributed by atoms with van der Waals surface area (Å²) in [5, 5.41) is 2.51. The van der Waals surface area contributed by atoms with Crippen molar-refractivity contribution in [1.82, 2.24) is 0 Å². The molecule has 0 spiro atoms. The normalized spacial score (nSPS) is 8.56. The fourth-order valence-electron chi connectivity index (χ4n) is 0.370. The highest BCUT2D eigenvalue weighted by molar-refractivity contribution is 5.69. The highest BCUT2D eigenvalue weighted by atomic mass is 16.5. The number of rotatable bonds is 4. The van der Waals surface area contributed by atoms with Crippen molar-refractivity contribution in [2.75, 3.05) is 13.2 Å². The fourth-order valence-corrected chi connectivity index (χ4v) is 0.370. The van der Waals surface area contributed by atoms with E-state index in [-0.39, 0.29) is 18.9 Å². The van der Waals surface area contributed by atoms with Gasteiger partial charge in [0.1, 0.15) is 0 Å². The van der Waals surface area contributed by atoms with Gasteiger partial charge in [0.05, 0.1) is 19.6 Å². The van der Waals surface area contributed by atoms with Crippen LogP contribution in [-0.2, 0) is 9.53 Å². The lowest BCUT2D eigenvalue weighted by molar-refractivity contribution is -0.142. The van der Waals surface area contributed by atoms with Gasteiger partial charge in [0.25, 0.3) is 0 Å². The van der Waals surface area contributed by atoms with E-state index in [2.05, 4.69) is 9.91 Å². The second-order valence-corrected chi connectivity index (χ2v) is 1.41. The molecule has 0 saturated carbocycles. The van der Waals surface area contributed by atoms with Gasteiger partial charge in [-0.15, -0.1) is 0 Å². The van der Waals surface area contributed by atoms with Crippen LogP contribution in [0.5, 0.6) is 0 Å². The first-order valence-electron chi connectivity index (χ1n) is 2.76. The van der Waals surface area contributed by atoms with E-state index in [9.17, 15) is 9.70 Å². The SMILES string of the molecule is CCOC(=O)CCN=O. The Hall–Kier alpha value is -0.930. The molecule has 0 saturated heterocycles. The molecule has 0 aliphatic carbocycles. The van der Waals surface area contributed by atoms with E-state index < -0.39 is 0 Å². The number of carbonyl (C=O) groups excluding carboxylic acids is 1. The summed E-state index contributed by atoms with van der Waals surface area (Å²) >= 11 is 0. The van der Waals surface area contributed by atoms with Crippen molar-refractivity contribution in [3.05, 3.63) is 4.91 Å². The Labute approximate surface area is 53.2 Å². The molecule has 0 aromatic carbocycles. The lowest BCUT2D eigenvalue weighted by atomic mass is 10.4. The molecule has 0 bridgehead atoms. The van der Waals surface area contributed by atoms with Crippen LogP contribution in [0, 0.1) is 4.91 Å². The second-order valence-electron chi connectivity index (χ2n) is 1.41. The van der Waals surface area contributed by atoms with Crippen molar-refractivity contribution in [3.8, 4) is 0 Å². The largest absolute Gasteiger partial charge is 0.466 e. The van der Waals surface area contributed by atoms with Gasteiger partial charge in [-0.3, -0.25) is 4.79 Å². The summed E-state index contributed by atoms with van der Waals surface area (Å²) in [6.07, 6.45) is 0.0946. The van der Waals surface area contributed by atoms with Gasteiger partial charge in [-0.25, -0.2) is 0 Å². The van der Waals surface area contributed by atoms with Gasteiger partial charge in [-0.05, 0) is 6.92 Å². The molecule has 0 fully saturated rings. The Morgan fingerprint density at radius 3 is 2.78 bits per heavy atom. The Morgan fingerprint density at radius 1 is 1.67 bits per heavy atom. The summed E-state index contributed by atoms with van der Waals surface area (Å²) in [7, 11) is 0. The van der Waals surface area contributed by atoms with Crippen LogP contribution in [0.3, 0.4) is 0 Å². The van der Waals surface area contributed by atoms with Crippen molar-refractivity contribution >= 4 is 5.97 Å². The Balaban J connectivity index is 3.16. The predicted octanol–water partition coefficient (Wildman–Crippen LogP) is 0.706. The maximum absolute atomic E-state index is 10.4. The summed E-state index contributed by atoms with van der Waals surface area (Å²) in [5.74, 6) is -0.364. The first-order chi connectivity index (χ1) is 4.31. The maximum Gasteiger partial charge on any atom is 0.307 e. The van der Waals surface area contributed by atoms with E-state index in [1.807, 2.05) is 0 Å². The Kier molecular flexibility index (Phi) is 4.67. The second kappa shape index (κ2) is 5.21. The summed E-state index contributed by atoms with van der Waals surface area (Å²) < 4.78 is 4.51. The highest BCUT2D eigenvalue weighted by Crippen LogP contribution is 1.85. The Bertz CT molecular complexity index is 102. The third-order valence-electron chi connectivity index (χ3n) is 0.713. The topological polar surface area (TPSA) is 55.7 Å². The maximum atomic E-state index is 10.4. The van der Waals surface area contributed by atoms with E-state index in [0.29, 0.717) is 6.61 Å². The summed E-state index contributed by atoms with van der Waals surface area (Å²) in [4.78, 5) is 19.8. The summed E-state index contributed by atoms with van der Waals surface area (Å²) in [6, 6.07) is 0. The monoisotopic (exact) mass is 131 g/mol. The fraction of sp³-hybridized carbons (Fsp3) is 0.800. The first kappa shape index (κ1) is 8.07. The number of nitroso groups, excluding NO2 is 1. The van der Waals surface area contributed by atoms with Crippen molar-refractivity contribution in [2.45, 2.75) is 13.3 Å². The number of nitrogens with zero attached hydrogens (tertiary/aromatic N) is 1. The minimum Gasteiger partial charge on any atom is -0.466 e. The molecule has 0 N–H and O–H groups in total. The molecule has 4 nitrogen and oxygen atoms in total. The van der Waals surface area contributed by atoms with Crippen molar-refractivity contribution in [2.24, 2.45) is 5.18 Å². The molecule has 0 amide bonds. The van der Waals surface area contributed by atoms with Gasteiger partial charge < -0.3 is 4.74 Å². The smallest absolute Gasteiger partial charge is 0.307 e. The van der Waals surface area contributed by atoms with Crippen molar-refractivity contribution < 1.29 is 9.53 Å². The zero-order chi connectivity index (χ0) is 7.11. The standard InChI is InChI=1S/C5H9NO3/c1-2-9-5(7)3-4-6-8/h2-4H2,1H3. The number of ether oxygens (including phenoxy) is 1. The molecule has 0 aliphatic heterocycles. The molecule has 9 heavy (non-hydrogen) atoms. The molecular formula is C5H9NO3. The van der Waals surface area contributed by atoms with E-state index >= 15 is 0 Å². The zero-order valence-electron chi connectivity index (χ0n) is 5.29. The van der Waals surface area contributed by atoms with Gasteiger partial charge in [0.2, 0.25) is 0 Å². The molecule has 0 heterocycles. The van der Waals surface area contributed by atoms with E-state index in [0.717, 1.165) is 0 Å². The average Bonchev–Trinajstić information content (AvgIpc) is 1.85. The third-order valence-corrected chi connectivity index (χ3v) is 0.713. The lowest BCUT2D eigenvalue weighted by Crippen LogP contribution is -2.04. The minimum absolute atomic E-state index is 0.0127. The Morgan fingerprint density at radius 2 is 2.33 bits per heavy atom. The zero-order valence-corrected chi connectivity index (χ0v) is 5.29. The third kappa shape index (κ3) is 4.93. The van der Waals surface area contributed by atoms with E-state index in [1.54, 1.807) is 6.92 Å². The molecule has 0 atom stereocenters. The van der Waals surface area contributed by atoms with E-state index in [1.165, 1.54) is 0 Å². The minimum atomic E-state index is -0.364. The molecule has 0 aliphatic rings. The van der Waals surface area contributed by atoms with Gasteiger partial charge >= 0.3 is 5.97 Å². The van der Waals surface area contributed by atoms with Crippen LogP contribution >= 0.6 is 0 Å². The lowest BCUT2D eigenvalue weighted by Gasteiger charge is -1.95. The van der Waals surface area contributed by atoms with Crippen LogP contribution in [0.4, 0.5) is 0 Å². The van der Waals surface area contributed by atoms with Crippen molar-refractivity contribution in [1.29, 1.82) is 0 Å². The van der Waals surface area contributed by atoms with E-state index in [4.69, 9.17) is 0 Å². The molecule has 0 aromatic heterocycles. The molecule has 0 aromatic rings. The highest BCUT2D eigenvalue weighted by Gasteiger charge is 1.98. The first-order valence-corrected chi connectivity index (χ1v) is 2.76. The molecule has 0 rings (SSSR count). The number of hydrogen-bond acceptors (Lipinski definition) is 4. The van der Waals surface area contributed by atoms with Crippen LogP contribution in [0.2, 0.25) is 0 Å².